The maximum Gasteiger partial charge on any atom is 0.343 e. The van der Waals surface area contributed by atoms with E-state index in [0.717, 1.165) is 24.0 Å². The Morgan fingerprint density at radius 1 is 0.581 bits per heavy atom. The van der Waals surface area contributed by atoms with Gasteiger partial charge in [0.05, 0.1) is 18.2 Å². The summed E-state index contributed by atoms with van der Waals surface area (Å²) in [4.78, 5) is 36.7. The number of ether oxygens (including phenoxy) is 4. The van der Waals surface area contributed by atoms with Crippen molar-refractivity contribution in [3.8, 4) is 22.6 Å². The molecule has 1 atom stereocenters. The van der Waals surface area contributed by atoms with E-state index in [0.29, 0.717) is 29.2 Å². The molecule has 0 bridgehead atoms. The Kier molecular flexibility index (Phi) is 14.5. The van der Waals surface area contributed by atoms with Crippen LogP contribution in [0.1, 0.15) is 98.8 Å². The third-order valence-corrected chi connectivity index (χ3v) is 7.21. The predicted octanol–water partition coefficient (Wildman–Crippen LogP) is 8.59. The van der Waals surface area contributed by atoms with Crippen LogP contribution in [0.2, 0.25) is 0 Å². The molecule has 0 radical (unpaired) electrons. The zero-order chi connectivity index (χ0) is 30.9. The van der Waals surface area contributed by atoms with Crippen molar-refractivity contribution in [2.75, 3.05) is 13.7 Å². The van der Waals surface area contributed by atoms with Crippen LogP contribution in [0.4, 0.5) is 0 Å². The second-order valence-electron chi connectivity index (χ2n) is 10.6. The quantitative estimate of drug-likeness (QED) is 0.0835. The zero-order valence-corrected chi connectivity index (χ0v) is 25.6. The molecule has 0 fully saturated rings. The lowest BCUT2D eigenvalue weighted by Gasteiger charge is -2.13. The van der Waals surface area contributed by atoms with E-state index in [4.69, 9.17) is 18.9 Å². The number of benzene rings is 3. The van der Waals surface area contributed by atoms with E-state index in [2.05, 4.69) is 6.92 Å². The van der Waals surface area contributed by atoms with Crippen molar-refractivity contribution in [3.63, 3.8) is 0 Å². The second-order valence-corrected chi connectivity index (χ2v) is 10.6. The molecule has 0 aromatic heterocycles. The van der Waals surface area contributed by atoms with Crippen LogP contribution < -0.4 is 9.47 Å². The van der Waals surface area contributed by atoms with E-state index < -0.39 is 24.0 Å². The third-order valence-electron chi connectivity index (χ3n) is 7.21. The van der Waals surface area contributed by atoms with Crippen LogP contribution in [0.15, 0.2) is 72.8 Å². The van der Waals surface area contributed by atoms with Crippen molar-refractivity contribution >= 4 is 17.9 Å². The van der Waals surface area contributed by atoms with Crippen LogP contribution in [-0.2, 0) is 14.3 Å². The minimum atomic E-state index is -0.669. The molecule has 3 aromatic carbocycles. The van der Waals surface area contributed by atoms with E-state index >= 15 is 0 Å². The molecular formula is C36H44O7. The highest BCUT2D eigenvalue weighted by atomic mass is 16.6. The summed E-state index contributed by atoms with van der Waals surface area (Å²) in [6.45, 7) is 4.45. The molecule has 0 amide bonds. The number of carbonyl (C=O) groups is 3. The highest BCUT2D eigenvalue weighted by Gasteiger charge is 2.17. The minimum absolute atomic E-state index is 0.326. The highest BCUT2D eigenvalue weighted by Crippen LogP contribution is 2.24. The molecule has 0 saturated carbocycles. The van der Waals surface area contributed by atoms with Gasteiger partial charge in [0.2, 0.25) is 0 Å². The summed E-state index contributed by atoms with van der Waals surface area (Å²) in [6, 6.07) is 20.3. The molecule has 0 aliphatic rings. The van der Waals surface area contributed by atoms with Crippen LogP contribution in [0, 0.1) is 0 Å². The first-order chi connectivity index (χ1) is 20.9. The normalized spacial score (nSPS) is 11.5. The molecule has 0 heterocycles. The van der Waals surface area contributed by atoms with Gasteiger partial charge in [0.15, 0.2) is 6.10 Å². The van der Waals surface area contributed by atoms with Crippen LogP contribution in [0.25, 0.3) is 11.1 Å². The third kappa shape index (κ3) is 11.7. The van der Waals surface area contributed by atoms with Gasteiger partial charge in [-0.05, 0) is 73.0 Å². The van der Waals surface area contributed by atoms with E-state index in [9.17, 15) is 14.4 Å². The predicted molar refractivity (Wildman–Crippen MR) is 168 cm³/mol. The first kappa shape index (κ1) is 33.5. The molecule has 0 aliphatic heterocycles. The van der Waals surface area contributed by atoms with E-state index in [1.807, 2.05) is 24.3 Å². The van der Waals surface area contributed by atoms with Gasteiger partial charge in [0.25, 0.3) is 0 Å². The molecule has 7 nitrogen and oxygen atoms in total. The number of esters is 3. The molecule has 0 unspecified atom stereocenters. The summed E-state index contributed by atoms with van der Waals surface area (Å²) in [5.41, 5.74) is 2.62. The maximum atomic E-state index is 12.6. The maximum absolute atomic E-state index is 12.6. The first-order valence-electron chi connectivity index (χ1n) is 15.4. The summed E-state index contributed by atoms with van der Waals surface area (Å²) in [6.07, 6.45) is 11.8. The zero-order valence-electron chi connectivity index (χ0n) is 25.6. The fraction of sp³-hybridized carbons (Fsp3) is 0.417. The minimum Gasteiger partial charge on any atom is -0.465 e. The molecule has 230 valence electrons. The number of rotatable bonds is 18. The van der Waals surface area contributed by atoms with E-state index in [1.54, 1.807) is 55.5 Å². The first-order valence-corrected chi connectivity index (χ1v) is 15.4. The Hall–Kier alpha value is -3.97. The van der Waals surface area contributed by atoms with Gasteiger partial charge in [0.1, 0.15) is 11.5 Å². The van der Waals surface area contributed by atoms with Crippen LogP contribution in [0.3, 0.4) is 0 Å². The van der Waals surface area contributed by atoms with Crippen LogP contribution in [0.5, 0.6) is 11.5 Å². The number of methoxy groups -OCH3 is 1. The molecule has 3 rings (SSSR count). The lowest BCUT2D eigenvalue weighted by atomic mass is 10.0. The van der Waals surface area contributed by atoms with Crippen molar-refractivity contribution in [1.82, 2.24) is 0 Å². The molecule has 0 saturated heterocycles. The number of hydrogen-bond donors (Lipinski definition) is 0. The largest absolute Gasteiger partial charge is 0.465 e. The van der Waals surface area contributed by atoms with Gasteiger partial charge < -0.3 is 18.9 Å². The van der Waals surface area contributed by atoms with Crippen LogP contribution in [-0.4, -0.2) is 37.7 Å². The van der Waals surface area contributed by atoms with Crippen LogP contribution >= 0.6 is 0 Å². The number of carbonyl (C=O) groups excluding carboxylic acids is 3. The highest BCUT2D eigenvalue weighted by molar-refractivity contribution is 5.91. The Balaban J connectivity index is 1.36. The standard InChI is InChI=1S/C36H44O7/c1-4-5-6-7-8-9-10-11-12-13-26-41-27(2)34(37)42-32-24-20-31(21-25-32)36(39)43-33-22-18-29(19-23-33)28-14-16-30(17-15-28)35(38)40-3/h14-25,27H,4-13,26H2,1-3H3/t27-/m0/s1. The Morgan fingerprint density at radius 3 is 1.58 bits per heavy atom. The Bertz CT molecular complexity index is 1260. The smallest absolute Gasteiger partial charge is 0.343 e. The Morgan fingerprint density at radius 2 is 1.02 bits per heavy atom. The molecular weight excluding hydrogens is 544 g/mol. The van der Waals surface area contributed by atoms with Gasteiger partial charge in [-0.3, -0.25) is 0 Å². The van der Waals surface area contributed by atoms with Gasteiger partial charge in [-0.15, -0.1) is 0 Å². The van der Waals surface area contributed by atoms with Crippen molar-refractivity contribution < 1.29 is 33.3 Å². The second kappa shape index (κ2) is 18.5. The molecule has 0 N–H and O–H groups in total. The molecule has 0 spiro atoms. The lowest BCUT2D eigenvalue weighted by molar-refractivity contribution is -0.146. The summed E-state index contributed by atoms with van der Waals surface area (Å²) >= 11 is 0. The summed E-state index contributed by atoms with van der Waals surface area (Å²) < 4.78 is 21.3. The molecule has 0 aliphatic carbocycles. The number of hydrogen-bond acceptors (Lipinski definition) is 7. The van der Waals surface area contributed by atoms with Gasteiger partial charge in [-0.2, -0.15) is 0 Å². The van der Waals surface area contributed by atoms with Crippen molar-refractivity contribution in [2.24, 2.45) is 0 Å². The monoisotopic (exact) mass is 588 g/mol. The fourth-order valence-electron chi connectivity index (χ4n) is 4.57. The molecule has 3 aromatic rings. The Labute approximate surface area is 255 Å². The van der Waals surface area contributed by atoms with Gasteiger partial charge in [-0.25, -0.2) is 14.4 Å². The lowest BCUT2D eigenvalue weighted by Crippen LogP contribution is -2.26. The fourth-order valence-corrected chi connectivity index (χ4v) is 4.57. The molecule has 7 heteroatoms. The SMILES string of the molecule is CCCCCCCCCCCCO[C@@H](C)C(=O)Oc1ccc(C(=O)Oc2ccc(-c3ccc(C(=O)OC)cc3)cc2)cc1. The van der Waals surface area contributed by atoms with Gasteiger partial charge in [-0.1, -0.05) is 89.0 Å². The van der Waals surface area contributed by atoms with Crippen molar-refractivity contribution in [1.29, 1.82) is 0 Å². The van der Waals surface area contributed by atoms with Gasteiger partial charge >= 0.3 is 17.9 Å². The van der Waals surface area contributed by atoms with Crippen molar-refractivity contribution in [3.05, 3.63) is 83.9 Å². The van der Waals surface area contributed by atoms with Gasteiger partial charge in [0, 0.05) is 6.61 Å². The average Bonchev–Trinajstić information content (AvgIpc) is 3.03. The number of unbranched alkanes of at least 4 members (excludes halogenated alkanes) is 9. The summed E-state index contributed by atoms with van der Waals surface area (Å²) in [7, 11) is 1.34. The summed E-state index contributed by atoms with van der Waals surface area (Å²) in [5.74, 6) is -0.663. The van der Waals surface area contributed by atoms with E-state index in [-0.39, 0.29) is 0 Å². The average molecular weight is 589 g/mol. The van der Waals surface area contributed by atoms with Crippen molar-refractivity contribution in [2.45, 2.75) is 84.2 Å². The van der Waals surface area contributed by atoms with E-state index in [1.165, 1.54) is 58.5 Å². The topological polar surface area (TPSA) is 88.1 Å². The summed E-state index contributed by atoms with van der Waals surface area (Å²) in [5, 5.41) is 0. The molecule has 43 heavy (non-hydrogen) atoms.